The van der Waals surface area contributed by atoms with E-state index in [0.29, 0.717) is 12.3 Å². The molecular weight excluding hydrogens is 313 g/mol. The quantitative estimate of drug-likeness (QED) is 0.837. The van der Waals surface area contributed by atoms with Crippen molar-refractivity contribution < 1.29 is 13.9 Å². The van der Waals surface area contributed by atoms with Gasteiger partial charge >= 0.3 is 0 Å². The minimum atomic E-state index is -0.533. The summed E-state index contributed by atoms with van der Waals surface area (Å²) in [4.78, 5) is 26.1. The summed E-state index contributed by atoms with van der Waals surface area (Å²) in [5, 5.41) is 4.10. The lowest BCUT2D eigenvalue weighted by Gasteiger charge is -2.24. The first-order valence-corrected chi connectivity index (χ1v) is 7.48. The lowest BCUT2D eigenvalue weighted by Crippen LogP contribution is -2.41. The van der Waals surface area contributed by atoms with E-state index in [1.807, 2.05) is 0 Å². The van der Waals surface area contributed by atoms with Crippen LogP contribution in [0.15, 0.2) is 35.1 Å². The van der Waals surface area contributed by atoms with Gasteiger partial charge in [0.2, 0.25) is 5.43 Å². The number of aromatic nitrogens is 2. The molecule has 1 atom stereocenters. The molecule has 1 aromatic heterocycles. The number of aryl methyl sites for hydroxylation is 1. The Labute approximate surface area is 139 Å². The van der Waals surface area contributed by atoms with Crippen LogP contribution in [0.3, 0.4) is 0 Å². The van der Waals surface area contributed by atoms with Crippen LogP contribution in [0.4, 0.5) is 4.39 Å². The van der Waals surface area contributed by atoms with Crippen molar-refractivity contribution in [3.8, 4) is 5.69 Å². The minimum Gasteiger partial charge on any atom is -0.383 e. The predicted molar refractivity (Wildman–Crippen MR) is 88.0 cm³/mol. The van der Waals surface area contributed by atoms with Crippen LogP contribution in [0.25, 0.3) is 5.69 Å². The van der Waals surface area contributed by atoms with Crippen LogP contribution in [0.5, 0.6) is 0 Å². The van der Waals surface area contributed by atoms with Crippen LogP contribution >= 0.6 is 0 Å². The fourth-order valence-electron chi connectivity index (χ4n) is 2.28. The minimum absolute atomic E-state index is 0.177. The number of likely N-dealkylation sites (N-methyl/N-ethyl adjacent to an activating group) is 1. The number of hydrogen-bond acceptors (Lipinski definition) is 4. The average Bonchev–Trinajstić information content (AvgIpc) is 2.55. The fraction of sp³-hybridized carbons (Fsp3) is 0.353. The van der Waals surface area contributed by atoms with E-state index in [9.17, 15) is 14.0 Å². The highest BCUT2D eigenvalue weighted by Gasteiger charge is 2.23. The summed E-state index contributed by atoms with van der Waals surface area (Å²) in [6.45, 7) is 3.76. The van der Waals surface area contributed by atoms with Gasteiger partial charge in [0.1, 0.15) is 11.5 Å². The molecule has 1 unspecified atom stereocenters. The Morgan fingerprint density at radius 1 is 1.42 bits per heavy atom. The maximum Gasteiger partial charge on any atom is 0.278 e. The first-order valence-electron chi connectivity index (χ1n) is 7.48. The Morgan fingerprint density at radius 2 is 2.08 bits per heavy atom. The van der Waals surface area contributed by atoms with Crippen LogP contribution in [0, 0.1) is 12.7 Å². The van der Waals surface area contributed by atoms with E-state index in [1.54, 1.807) is 33.0 Å². The molecule has 0 bridgehead atoms. The lowest BCUT2D eigenvalue weighted by molar-refractivity contribution is 0.0624. The molecule has 1 aromatic carbocycles. The molecule has 0 spiro atoms. The fourth-order valence-corrected chi connectivity index (χ4v) is 2.28. The van der Waals surface area contributed by atoms with E-state index in [2.05, 4.69) is 5.10 Å². The van der Waals surface area contributed by atoms with Gasteiger partial charge in [0.05, 0.1) is 12.6 Å². The highest BCUT2D eigenvalue weighted by atomic mass is 19.1. The predicted octanol–water partition coefficient (Wildman–Crippen LogP) is 1.79. The monoisotopic (exact) mass is 333 g/mol. The molecule has 128 valence electrons. The number of rotatable bonds is 5. The van der Waals surface area contributed by atoms with Gasteiger partial charge in [0, 0.05) is 25.9 Å². The summed E-state index contributed by atoms with van der Waals surface area (Å²) in [6.07, 6.45) is 0. The second kappa shape index (κ2) is 7.35. The Hall–Kier alpha value is -2.54. The number of nitrogens with zero attached hydrogens (tertiary/aromatic N) is 3. The molecule has 0 N–H and O–H groups in total. The molecule has 7 heteroatoms. The van der Waals surface area contributed by atoms with Crippen molar-refractivity contribution in [2.24, 2.45) is 0 Å². The molecule has 0 saturated carbocycles. The number of para-hydroxylation sites is 1. The van der Waals surface area contributed by atoms with Crippen LogP contribution in [0.2, 0.25) is 0 Å². The lowest BCUT2D eigenvalue weighted by atomic mass is 10.2. The van der Waals surface area contributed by atoms with E-state index in [1.165, 1.54) is 34.9 Å². The molecule has 1 heterocycles. The summed E-state index contributed by atoms with van der Waals surface area (Å²) in [6, 6.07) is 7.09. The topological polar surface area (TPSA) is 64.4 Å². The zero-order valence-corrected chi connectivity index (χ0v) is 14.1. The molecule has 0 fully saturated rings. The molecular formula is C17H20FN3O3. The van der Waals surface area contributed by atoms with Crippen molar-refractivity contribution in [3.05, 3.63) is 57.8 Å². The standard InChI is InChI=1S/C17H20FN3O3/c1-11-9-15(22)16(17(23)20(3)12(2)10-24-4)19-21(11)14-8-6-5-7-13(14)18/h5-9,12H,10H2,1-4H3. The van der Waals surface area contributed by atoms with Gasteiger partial charge < -0.3 is 9.64 Å². The van der Waals surface area contributed by atoms with Gasteiger partial charge in [-0.1, -0.05) is 12.1 Å². The zero-order chi connectivity index (χ0) is 17.9. The van der Waals surface area contributed by atoms with Gasteiger partial charge in [-0.2, -0.15) is 5.10 Å². The molecule has 2 aromatic rings. The van der Waals surface area contributed by atoms with Crippen molar-refractivity contribution in [3.63, 3.8) is 0 Å². The normalized spacial score (nSPS) is 12.0. The van der Waals surface area contributed by atoms with Gasteiger partial charge in [-0.15, -0.1) is 0 Å². The summed E-state index contributed by atoms with van der Waals surface area (Å²) in [5.41, 5.74) is -0.137. The van der Waals surface area contributed by atoms with E-state index in [0.717, 1.165) is 0 Å². The van der Waals surface area contributed by atoms with Crippen molar-refractivity contribution in [2.75, 3.05) is 20.8 Å². The van der Waals surface area contributed by atoms with Gasteiger partial charge in [0.25, 0.3) is 5.91 Å². The second-order valence-corrected chi connectivity index (χ2v) is 5.58. The van der Waals surface area contributed by atoms with Crippen molar-refractivity contribution in [2.45, 2.75) is 19.9 Å². The molecule has 0 radical (unpaired) electrons. The molecule has 2 rings (SSSR count). The Morgan fingerprint density at radius 3 is 2.71 bits per heavy atom. The number of carbonyl (C=O) groups is 1. The molecule has 1 amide bonds. The molecule has 0 aliphatic carbocycles. The second-order valence-electron chi connectivity index (χ2n) is 5.58. The number of ether oxygens (including phenoxy) is 1. The van der Waals surface area contributed by atoms with E-state index in [4.69, 9.17) is 4.74 Å². The largest absolute Gasteiger partial charge is 0.383 e. The third-order valence-corrected chi connectivity index (χ3v) is 3.78. The third kappa shape index (κ3) is 3.51. The maximum absolute atomic E-state index is 14.0. The molecule has 0 aliphatic rings. The number of halogens is 1. The van der Waals surface area contributed by atoms with Crippen molar-refractivity contribution in [1.82, 2.24) is 14.7 Å². The Balaban J connectivity index is 2.49. The van der Waals surface area contributed by atoms with E-state index >= 15 is 0 Å². The van der Waals surface area contributed by atoms with Crippen LogP contribution < -0.4 is 5.43 Å². The number of amides is 1. The van der Waals surface area contributed by atoms with E-state index in [-0.39, 0.29) is 17.4 Å². The number of benzene rings is 1. The summed E-state index contributed by atoms with van der Waals surface area (Å²) < 4.78 is 20.3. The van der Waals surface area contributed by atoms with Crippen molar-refractivity contribution >= 4 is 5.91 Å². The Kier molecular flexibility index (Phi) is 5.46. The number of hydrogen-bond donors (Lipinski definition) is 0. The smallest absolute Gasteiger partial charge is 0.278 e. The zero-order valence-electron chi connectivity index (χ0n) is 14.1. The average molecular weight is 333 g/mol. The highest BCUT2D eigenvalue weighted by Crippen LogP contribution is 2.13. The van der Waals surface area contributed by atoms with Gasteiger partial charge in [-0.05, 0) is 26.0 Å². The summed E-state index contributed by atoms with van der Waals surface area (Å²) in [5.74, 6) is -1.02. The third-order valence-electron chi connectivity index (χ3n) is 3.78. The highest BCUT2D eigenvalue weighted by molar-refractivity contribution is 5.92. The number of methoxy groups -OCH3 is 1. The van der Waals surface area contributed by atoms with Crippen molar-refractivity contribution in [1.29, 1.82) is 0 Å². The van der Waals surface area contributed by atoms with E-state index < -0.39 is 17.2 Å². The van der Waals surface area contributed by atoms with Gasteiger partial charge in [-0.3, -0.25) is 9.59 Å². The molecule has 0 saturated heterocycles. The maximum atomic E-state index is 14.0. The first kappa shape index (κ1) is 17.8. The SMILES string of the molecule is COCC(C)N(C)C(=O)c1nn(-c2ccccc2F)c(C)cc1=O. The number of carbonyl (C=O) groups excluding carboxylic acids is 1. The summed E-state index contributed by atoms with van der Waals surface area (Å²) in [7, 11) is 3.10. The summed E-state index contributed by atoms with van der Waals surface area (Å²) >= 11 is 0. The van der Waals surface area contributed by atoms with Crippen LogP contribution in [0.1, 0.15) is 23.1 Å². The Bertz CT molecular complexity index is 804. The van der Waals surface area contributed by atoms with Gasteiger partial charge in [-0.25, -0.2) is 9.07 Å². The molecule has 24 heavy (non-hydrogen) atoms. The van der Waals surface area contributed by atoms with Crippen LogP contribution in [-0.4, -0.2) is 47.4 Å². The first-order chi connectivity index (χ1) is 11.4. The molecule has 6 nitrogen and oxygen atoms in total. The van der Waals surface area contributed by atoms with Gasteiger partial charge in [0.15, 0.2) is 5.69 Å². The van der Waals surface area contributed by atoms with Crippen LogP contribution in [-0.2, 0) is 4.74 Å². The molecule has 0 aliphatic heterocycles.